The zero-order chi connectivity index (χ0) is 14.6. The Morgan fingerprint density at radius 3 is 2.58 bits per heavy atom. The zero-order valence-electron chi connectivity index (χ0n) is 11.3. The summed E-state index contributed by atoms with van der Waals surface area (Å²) in [7, 11) is -0.971. The zero-order valence-corrected chi connectivity index (χ0v) is 12.1. The van der Waals surface area contributed by atoms with Crippen LogP contribution in [0.15, 0.2) is 4.79 Å². The van der Waals surface area contributed by atoms with Gasteiger partial charge in [-0.3, -0.25) is 13.6 Å². The highest BCUT2D eigenvalue weighted by molar-refractivity contribution is 7.84. The molecule has 1 rings (SSSR count). The molecule has 0 bridgehead atoms. The predicted octanol–water partition coefficient (Wildman–Crippen LogP) is 0.256. The maximum absolute atomic E-state index is 11.8. The van der Waals surface area contributed by atoms with E-state index in [1.165, 1.54) is 4.57 Å². The van der Waals surface area contributed by atoms with E-state index < -0.39 is 22.5 Å². The molecule has 0 saturated carbocycles. The summed E-state index contributed by atoms with van der Waals surface area (Å²) in [5, 5.41) is 8.87. The summed E-state index contributed by atoms with van der Waals surface area (Å²) < 4.78 is 12.8. The van der Waals surface area contributed by atoms with Crippen LogP contribution in [-0.2, 0) is 28.6 Å². The molecule has 0 aromatic carbocycles. The third-order valence-corrected chi connectivity index (χ3v) is 4.25. The van der Waals surface area contributed by atoms with E-state index in [0.29, 0.717) is 35.0 Å². The highest BCUT2D eigenvalue weighted by Crippen LogP contribution is 2.10. The molecule has 1 N–H and O–H groups in total. The molecule has 0 aliphatic carbocycles. The fourth-order valence-electron chi connectivity index (χ4n) is 1.85. The fraction of sp³-hybridized carbons (Fsp3) is 0.583. The molecule has 0 spiro atoms. The van der Waals surface area contributed by atoms with Crippen LogP contribution in [0.4, 0.5) is 0 Å². The van der Waals surface area contributed by atoms with Crippen molar-refractivity contribution in [2.75, 3.05) is 11.5 Å². The van der Waals surface area contributed by atoms with E-state index in [-0.39, 0.29) is 6.42 Å². The molecule has 0 aliphatic heterocycles. The first-order valence-electron chi connectivity index (χ1n) is 6.00. The van der Waals surface area contributed by atoms with Crippen LogP contribution in [0.25, 0.3) is 0 Å². The summed E-state index contributed by atoms with van der Waals surface area (Å²) in [5.41, 5.74) is 1.16. The van der Waals surface area contributed by atoms with Crippen LogP contribution < -0.4 is 5.69 Å². The second-order valence-corrected chi connectivity index (χ2v) is 6.06. The lowest BCUT2D eigenvalue weighted by molar-refractivity contribution is -0.136. The minimum atomic E-state index is -0.971. The van der Waals surface area contributed by atoms with E-state index in [9.17, 15) is 13.8 Å². The molecule has 1 unspecified atom stereocenters. The standard InChI is InChI=1S/C12H18N2O4S/c1-4-19(18)6-5-14-9(3)10(7-11(15)16)8(2)13-12(14)17/h4-7H2,1-3H3,(H,15,16). The highest BCUT2D eigenvalue weighted by Gasteiger charge is 2.14. The Morgan fingerprint density at radius 1 is 1.42 bits per heavy atom. The topological polar surface area (TPSA) is 89.3 Å². The Hall–Kier alpha value is -1.50. The molecular formula is C12H18N2O4S. The van der Waals surface area contributed by atoms with Crippen molar-refractivity contribution in [1.82, 2.24) is 9.55 Å². The molecule has 0 amide bonds. The van der Waals surface area contributed by atoms with Crippen molar-refractivity contribution >= 4 is 16.8 Å². The molecule has 1 atom stereocenters. The number of aromatic nitrogens is 2. The largest absolute Gasteiger partial charge is 0.481 e. The molecule has 7 heteroatoms. The van der Waals surface area contributed by atoms with Gasteiger partial charge in [0.1, 0.15) is 0 Å². The Labute approximate surface area is 113 Å². The molecule has 19 heavy (non-hydrogen) atoms. The van der Waals surface area contributed by atoms with E-state index in [4.69, 9.17) is 5.11 Å². The second-order valence-electron chi connectivity index (χ2n) is 4.20. The maximum atomic E-state index is 11.8. The number of hydrogen-bond acceptors (Lipinski definition) is 4. The number of carbonyl (C=O) groups is 1. The van der Waals surface area contributed by atoms with E-state index in [1.54, 1.807) is 13.8 Å². The highest BCUT2D eigenvalue weighted by atomic mass is 32.2. The lowest BCUT2D eigenvalue weighted by atomic mass is 10.1. The number of aryl methyl sites for hydroxylation is 1. The van der Waals surface area contributed by atoms with Crippen molar-refractivity contribution in [2.45, 2.75) is 33.7 Å². The molecule has 1 aromatic heterocycles. The van der Waals surface area contributed by atoms with Gasteiger partial charge in [0.05, 0.1) is 6.42 Å². The second kappa shape index (κ2) is 6.60. The summed E-state index contributed by atoms with van der Waals surface area (Å²) in [5.74, 6) is -0.0563. The average molecular weight is 286 g/mol. The molecule has 0 aliphatic rings. The van der Waals surface area contributed by atoms with Gasteiger partial charge < -0.3 is 5.11 Å². The lowest BCUT2D eigenvalue weighted by Gasteiger charge is -2.14. The van der Waals surface area contributed by atoms with Crippen molar-refractivity contribution in [3.05, 3.63) is 27.4 Å². The van der Waals surface area contributed by atoms with Gasteiger partial charge in [-0.25, -0.2) is 4.79 Å². The molecule has 0 saturated heterocycles. The van der Waals surface area contributed by atoms with Gasteiger partial charge in [-0.1, -0.05) is 6.92 Å². The van der Waals surface area contributed by atoms with Crippen molar-refractivity contribution in [3.8, 4) is 0 Å². The Morgan fingerprint density at radius 2 is 2.05 bits per heavy atom. The average Bonchev–Trinajstić information content (AvgIpc) is 2.33. The first kappa shape index (κ1) is 15.6. The summed E-state index contributed by atoms with van der Waals surface area (Å²) >= 11 is 0. The Bertz CT molecular complexity index is 566. The third kappa shape index (κ3) is 3.99. The number of aliphatic carboxylic acids is 1. The summed E-state index contributed by atoms with van der Waals surface area (Å²) in [4.78, 5) is 26.5. The van der Waals surface area contributed by atoms with Gasteiger partial charge in [-0.15, -0.1) is 0 Å². The third-order valence-electron chi connectivity index (χ3n) is 2.97. The minimum Gasteiger partial charge on any atom is -0.481 e. The fourth-order valence-corrected chi connectivity index (χ4v) is 2.52. The molecule has 6 nitrogen and oxygen atoms in total. The lowest BCUT2D eigenvalue weighted by Crippen LogP contribution is -2.30. The number of nitrogens with zero attached hydrogens (tertiary/aromatic N) is 2. The van der Waals surface area contributed by atoms with Crippen molar-refractivity contribution in [1.29, 1.82) is 0 Å². The molecule has 1 aromatic rings. The van der Waals surface area contributed by atoms with Crippen molar-refractivity contribution in [2.24, 2.45) is 0 Å². The molecule has 0 fully saturated rings. The summed E-state index contributed by atoms with van der Waals surface area (Å²) in [6, 6.07) is 0. The monoisotopic (exact) mass is 286 g/mol. The molecule has 106 valence electrons. The number of hydrogen-bond donors (Lipinski definition) is 1. The first-order chi connectivity index (χ1) is 8.86. The van der Waals surface area contributed by atoms with E-state index in [2.05, 4.69) is 4.98 Å². The predicted molar refractivity (Wildman–Crippen MR) is 72.9 cm³/mol. The van der Waals surface area contributed by atoms with E-state index >= 15 is 0 Å². The van der Waals surface area contributed by atoms with Crippen LogP contribution in [0.2, 0.25) is 0 Å². The van der Waals surface area contributed by atoms with Crippen LogP contribution in [0.1, 0.15) is 23.9 Å². The van der Waals surface area contributed by atoms with E-state index in [1.807, 2.05) is 6.92 Å². The van der Waals surface area contributed by atoms with Gasteiger partial charge in [0, 0.05) is 45.8 Å². The normalized spacial score (nSPS) is 12.4. The summed E-state index contributed by atoms with van der Waals surface area (Å²) in [6.45, 7) is 5.43. The van der Waals surface area contributed by atoms with E-state index in [0.717, 1.165) is 0 Å². The van der Waals surface area contributed by atoms with Crippen LogP contribution in [-0.4, -0.2) is 36.3 Å². The molecular weight excluding hydrogens is 268 g/mol. The quantitative estimate of drug-likeness (QED) is 0.810. The maximum Gasteiger partial charge on any atom is 0.348 e. The minimum absolute atomic E-state index is 0.165. The first-order valence-corrected chi connectivity index (χ1v) is 7.49. The van der Waals surface area contributed by atoms with Crippen LogP contribution in [0.5, 0.6) is 0 Å². The van der Waals surface area contributed by atoms with Gasteiger partial charge in [0.25, 0.3) is 0 Å². The van der Waals surface area contributed by atoms with Gasteiger partial charge in [0.2, 0.25) is 0 Å². The van der Waals surface area contributed by atoms with Crippen molar-refractivity contribution in [3.63, 3.8) is 0 Å². The van der Waals surface area contributed by atoms with Gasteiger partial charge >= 0.3 is 11.7 Å². The molecule has 0 radical (unpaired) electrons. The molecule has 1 heterocycles. The van der Waals surface area contributed by atoms with Gasteiger partial charge in [0.15, 0.2) is 0 Å². The summed E-state index contributed by atoms with van der Waals surface area (Å²) in [6.07, 6.45) is -0.165. The number of carboxylic acids is 1. The van der Waals surface area contributed by atoms with Gasteiger partial charge in [-0.05, 0) is 13.8 Å². The van der Waals surface area contributed by atoms with Crippen LogP contribution in [0.3, 0.4) is 0 Å². The van der Waals surface area contributed by atoms with Gasteiger partial charge in [-0.2, -0.15) is 4.98 Å². The number of carboxylic acid groups (broad SMARTS) is 1. The Balaban J connectivity index is 3.13. The SMILES string of the molecule is CCS(=O)CCn1c(C)c(CC(=O)O)c(C)nc1=O. The smallest absolute Gasteiger partial charge is 0.348 e. The van der Waals surface area contributed by atoms with Crippen LogP contribution in [0, 0.1) is 13.8 Å². The van der Waals surface area contributed by atoms with Crippen LogP contribution >= 0.6 is 0 Å². The Kier molecular flexibility index (Phi) is 5.41. The van der Waals surface area contributed by atoms with Crippen molar-refractivity contribution < 1.29 is 14.1 Å². The number of rotatable bonds is 6.